The molecule has 1 N–H and O–H groups in total. The lowest BCUT2D eigenvalue weighted by molar-refractivity contribution is -0.117. The van der Waals surface area contributed by atoms with E-state index in [9.17, 15) is 10.1 Å². The molecule has 1 amide bonds. The van der Waals surface area contributed by atoms with Gasteiger partial charge in [0.25, 0.3) is 5.91 Å². The second-order valence-electron chi connectivity index (χ2n) is 6.36. The van der Waals surface area contributed by atoms with Gasteiger partial charge in [-0.2, -0.15) is 5.26 Å². The monoisotopic (exact) mass is 362 g/mol. The Morgan fingerprint density at radius 1 is 1.22 bits per heavy atom. The van der Waals surface area contributed by atoms with Crippen LogP contribution in [0.2, 0.25) is 0 Å². The fraction of sp³-hybridized carbons (Fsp3) is 0.273. The first-order valence-electron chi connectivity index (χ1n) is 9.03. The first kappa shape index (κ1) is 18.7. The molecule has 0 aromatic heterocycles. The maximum atomic E-state index is 12.2. The summed E-state index contributed by atoms with van der Waals surface area (Å²) in [6, 6.07) is 19.2. The molecule has 1 aliphatic heterocycles. The number of nitrogens with one attached hydrogen (secondary N) is 1. The van der Waals surface area contributed by atoms with Gasteiger partial charge in [-0.05, 0) is 42.2 Å². The second kappa shape index (κ2) is 9.56. The third-order valence-corrected chi connectivity index (χ3v) is 4.32. The Morgan fingerprint density at radius 3 is 2.67 bits per heavy atom. The van der Waals surface area contributed by atoms with Crippen LogP contribution in [0.1, 0.15) is 24.0 Å². The van der Waals surface area contributed by atoms with Gasteiger partial charge in [0.1, 0.15) is 24.0 Å². The Hall–Kier alpha value is -3.10. The molecule has 2 aromatic carbocycles. The van der Waals surface area contributed by atoms with Gasteiger partial charge in [-0.3, -0.25) is 4.79 Å². The summed E-state index contributed by atoms with van der Waals surface area (Å²) in [5.41, 5.74) is 1.94. The number of nitriles is 1. The Morgan fingerprint density at radius 2 is 2.00 bits per heavy atom. The van der Waals surface area contributed by atoms with E-state index in [0.29, 0.717) is 13.2 Å². The van der Waals surface area contributed by atoms with Crippen molar-refractivity contribution in [1.82, 2.24) is 5.32 Å². The van der Waals surface area contributed by atoms with Crippen LogP contribution in [0.5, 0.6) is 5.75 Å². The number of benzene rings is 2. The molecule has 0 saturated carbocycles. The molecule has 0 spiro atoms. The van der Waals surface area contributed by atoms with Crippen molar-refractivity contribution in [2.24, 2.45) is 0 Å². The number of amides is 1. The number of carbonyl (C=O) groups excluding carboxylic acids is 1. The second-order valence-corrected chi connectivity index (χ2v) is 6.36. The average Bonchev–Trinajstić information content (AvgIpc) is 3.24. The third kappa shape index (κ3) is 5.70. The molecule has 0 aliphatic carbocycles. The van der Waals surface area contributed by atoms with E-state index in [2.05, 4.69) is 5.32 Å². The quantitative estimate of drug-likeness (QED) is 0.605. The Labute approximate surface area is 159 Å². The minimum absolute atomic E-state index is 0.0509. The van der Waals surface area contributed by atoms with Crippen molar-refractivity contribution in [2.75, 3.05) is 13.2 Å². The van der Waals surface area contributed by atoms with Crippen molar-refractivity contribution >= 4 is 12.0 Å². The molecule has 1 heterocycles. The summed E-state index contributed by atoms with van der Waals surface area (Å²) in [5, 5.41) is 12.0. The molecule has 0 unspecified atom stereocenters. The van der Waals surface area contributed by atoms with Crippen molar-refractivity contribution in [3.05, 3.63) is 71.3 Å². The SMILES string of the molecule is N#C/C(=C\c1ccc(OCc2ccccc2)cc1)C(=O)NC[C@H]1CCCO1. The highest BCUT2D eigenvalue weighted by molar-refractivity contribution is 6.01. The molecule has 138 valence electrons. The molecule has 0 radical (unpaired) electrons. The van der Waals surface area contributed by atoms with Gasteiger partial charge in [-0.15, -0.1) is 0 Å². The number of carbonyl (C=O) groups is 1. The molecule has 2 aromatic rings. The number of ether oxygens (including phenoxy) is 2. The zero-order valence-corrected chi connectivity index (χ0v) is 15.1. The van der Waals surface area contributed by atoms with Crippen LogP contribution in [0, 0.1) is 11.3 Å². The molecular weight excluding hydrogens is 340 g/mol. The van der Waals surface area contributed by atoms with Gasteiger partial charge < -0.3 is 14.8 Å². The smallest absolute Gasteiger partial charge is 0.262 e. The minimum atomic E-state index is -0.377. The van der Waals surface area contributed by atoms with Crippen LogP contribution in [0.4, 0.5) is 0 Å². The van der Waals surface area contributed by atoms with Gasteiger partial charge in [0.05, 0.1) is 6.10 Å². The van der Waals surface area contributed by atoms with Gasteiger partial charge in [0.2, 0.25) is 0 Å². The zero-order valence-electron chi connectivity index (χ0n) is 15.1. The molecule has 1 saturated heterocycles. The van der Waals surface area contributed by atoms with Crippen LogP contribution in [0.3, 0.4) is 0 Å². The summed E-state index contributed by atoms with van der Waals surface area (Å²) >= 11 is 0. The highest BCUT2D eigenvalue weighted by Gasteiger charge is 2.17. The fourth-order valence-corrected chi connectivity index (χ4v) is 2.82. The first-order valence-corrected chi connectivity index (χ1v) is 9.03. The molecule has 1 fully saturated rings. The van der Waals surface area contributed by atoms with Crippen molar-refractivity contribution < 1.29 is 14.3 Å². The van der Waals surface area contributed by atoms with Crippen molar-refractivity contribution in [2.45, 2.75) is 25.6 Å². The van der Waals surface area contributed by atoms with Gasteiger partial charge in [-0.25, -0.2) is 0 Å². The predicted molar refractivity (Wildman–Crippen MR) is 103 cm³/mol. The molecule has 3 rings (SSSR count). The molecule has 1 atom stereocenters. The van der Waals surface area contributed by atoms with Crippen LogP contribution in [0.25, 0.3) is 6.08 Å². The Kier molecular flexibility index (Phi) is 6.61. The lowest BCUT2D eigenvalue weighted by Gasteiger charge is -2.10. The minimum Gasteiger partial charge on any atom is -0.489 e. The lowest BCUT2D eigenvalue weighted by atomic mass is 10.1. The van der Waals surface area contributed by atoms with Crippen LogP contribution in [0.15, 0.2) is 60.2 Å². The maximum absolute atomic E-state index is 12.2. The van der Waals surface area contributed by atoms with E-state index in [0.717, 1.165) is 36.3 Å². The standard InChI is InChI=1S/C22H22N2O3/c23-14-19(22(25)24-15-21-7-4-12-26-21)13-17-8-10-20(11-9-17)27-16-18-5-2-1-3-6-18/h1-3,5-6,8-11,13,21H,4,7,12,15-16H2,(H,24,25)/b19-13+/t21-/m1/s1. The van der Waals surface area contributed by atoms with Gasteiger partial charge in [0, 0.05) is 13.2 Å². The highest BCUT2D eigenvalue weighted by Crippen LogP contribution is 2.16. The van der Waals surface area contributed by atoms with Crippen molar-refractivity contribution in [3.8, 4) is 11.8 Å². The van der Waals surface area contributed by atoms with E-state index in [1.165, 1.54) is 0 Å². The number of rotatable bonds is 7. The van der Waals surface area contributed by atoms with Gasteiger partial charge >= 0.3 is 0 Å². The summed E-state index contributed by atoms with van der Waals surface area (Å²) < 4.78 is 11.2. The number of hydrogen-bond donors (Lipinski definition) is 1. The highest BCUT2D eigenvalue weighted by atomic mass is 16.5. The summed E-state index contributed by atoms with van der Waals surface area (Å²) in [7, 11) is 0. The lowest BCUT2D eigenvalue weighted by Crippen LogP contribution is -2.32. The normalized spacial score (nSPS) is 16.6. The van der Waals surface area contributed by atoms with Crippen LogP contribution in [-0.2, 0) is 16.1 Å². The van der Waals surface area contributed by atoms with Crippen molar-refractivity contribution in [3.63, 3.8) is 0 Å². The summed E-state index contributed by atoms with van der Waals surface area (Å²) in [4.78, 5) is 12.2. The largest absolute Gasteiger partial charge is 0.489 e. The maximum Gasteiger partial charge on any atom is 0.262 e. The fourth-order valence-electron chi connectivity index (χ4n) is 2.82. The molecule has 0 bridgehead atoms. The number of nitrogens with zero attached hydrogens (tertiary/aromatic N) is 1. The molecular formula is C22H22N2O3. The zero-order chi connectivity index (χ0) is 18.9. The van der Waals surface area contributed by atoms with Gasteiger partial charge in [0.15, 0.2) is 0 Å². The molecule has 1 aliphatic rings. The average molecular weight is 362 g/mol. The Bertz CT molecular complexity index is 817. The number of hydrogen-bond acceptors (Lipinski definition) is 4. The first-order chi connectivity index (χ1) is 13.2. The van der Waals surface area contributed by atoms with Crippen LogP contribution in [-0.4, -0.2) is 25.2 Å². The topological polar surface area (TPSA) is 71.3 Å². The molecule has 5 heteroatoms. The van der Waals surface area contributed by atoms with E-state index in [-0.39, 0.29) is 17.6 Å². The van der Waals surface area contributed by atoms with Crippen LogP contribution >= 0.6 is 0 Å². The molecule has 5 nitrogen and oxygen atoms in total. The summed E-state index contributed by atoms with van der Waals surface area (Å²) in [6.07, 6.45) is 3.58. The molecule has 27 heavy (non-hydrogen) atoms. The van der Waals surface area contributed by atoms with E-state index in [1.54, 1.807) is 6.08 Å². The Balaban J connectivity index is 1.55. The van der Waals surface area contributed by atoms with E-state index >= 15 is 0 Å². The van der Waals surface area contributed by atoms with E-state index < -0.39 is 0 Å². The van der Waals surface area contributed by atoms with E-state index in [4.69, 9.17) is 9.47 Å². The van der Waals surface area contributed by atoms with E-state index in [1.807, 2.05) is 60.7 Å². The summed E-state index contributed by atoms with van der Waals surface area (Å²) in [5.74, 6) is 0.356. The summed E-state index contributed by atoms with van der Waals surface area (Å²) in [6.45, 7) is 1.66. The van der Waals surface area contributed by atoms with Gasteiger partial charge in [-0.1, -0.05) is 42.5 Å². The predicted octanol–water partition coefficient (Wildman–Crippen LogP) is 3.47. The van der Waals surface area contributed by atoms with Crippen LogP contribution < -0.4 is 10.1 Å². The van der Waals surface area contributed by atoms with Crippen molar-refractivity contribution in [1.29, 1.82) is 5.26 Å². The third-order valence-electron chi connectivity index (χ3n) is 4.32.